The Morgan fingerprint density at radius 2 is 1.86 bits per heavy atom. The molecule has 0 N–H and O–H groups in total. The Morgan fingerprint density at radius 3 is 2.50 bits per heavy atom. The van der Waals surface area contributed by atoms with Gasteiger partial charge >= 0.3 is 0 Å². The molecule has 22 heavy (non-hydrogen) atoms. The number of rotatable bonds is 8. The maximum absolute atomic E-state index is 5.36. The van der Waals surface area contributed by atoms with Crippen LogP contribution >= 0.6 is 11.8 Å². The molecular weight excluding hydrogens is 302 g/mol. The highest BCUT2D eigenvalue weighted by Crippen LogP contribution is 2.32. The second kappa shape index (κ2) is 8.05. The fourth-order valence-corrected chi connectivity index (χ4v) is 2.72. The van der Waals surface area contributed by atoms with E-state index in [1.807, 2.05) is 24.5 Å². The minimum atomic E-state index is 0.678. The molecule has 7 heteroatoms. The zero-order valence-electron chi connectivity index (χ0n) is 13.3. The van der Waals surface area contributed by atoms with Crippen LogP contribution in [-0.4, -0.2) is 49.0 Å². The lowest BCUT2D eigenvalue weighted by Crippen LogP contribution is -2.05. The van der Waals surface area contributed by atoms with E-state index >= 15 is 0 Å². The molecule has 2 rings (SSSR count). The van der Waals surface area contributed by atoms with Gasteiger partial charge in [-0.15, -0.1) is 10.2 Å². The van der Waals surface area contributed by atoms with Crippen molar-refractivity contribution >= 4 is 11.8 Å². The molecule has 0 unspecified atom stereocenters. The Morgan fingerprint density at radius 1 is 1.09 bits per heavy atom. The molecule has 0 saturated carbocycles. The molecule has 0 spiro atoms. The van der Waals surface area contributed by atoms with E-state index in [2.05, 4.69) is 14.8 Å². The molecule has 0 bridgehead atoms. The molecule has 0 aliphatic carbocycles. The highest BCUT2D eigenvalue weighted by molar-refractivity contribution is 7.98. The van der Waals surface area contributed by atoms with Crippen LogP contribution in [0.1, 0.15) is 6.42 Å². The lowest BCUT2D eigenvalue weighted by molar-refractivity contribution is 0.189. The van der Waals surface area contributed by atoms with Crippen molar-refractivity contribution in [2.24, 2.45) is 0 Å². The highest BCUT2D eigenvalue weighted by atomic mass is 32.2. The lowest BCUT2D eigenvalue weighted by atomic mass is 10.2. The maximum atomic E-state index is 5.36. The predicted molar refractivity (Wildman–Crippen MR) is 86.8 cm³/mol. The Labute approximate surface area is 134 Å². The summed E-state index contributed by atoms with van der Waals surface area (Å²) in [4.78, 5) is 0. The van der Waals surface area contributed by atoms with E-state index in [-0.39, 0.29) is 0 Å². The number of benzene rings is 1. The third kappa shape index (κ3) is 3.53. The summed E-state index contributed by atoms with van der Waals surface area (Å²) in [6.45, 7) is 1.51. The van der Waals surface area contributed by atoms with E-state index in [4.69, 9.17) is 14.2 Å². The molecule has 0 fully saturated rings. The number of hydrogen-bond acceptors (Lipinski definition) is 6. The summed E-state index contributed by atoms with van der Waals surface area (Å²) in [5.74, 6) is 2.19. The SMILES string of the molecule is COCCCn1c(SC)nnc1-c1ccc(OC)c(OC)c1. The number of ether oxygens (including phenoxy) is 3. The normalized spacial score (nSPS) is 10.7. The Bertz CT molecular complexity index is 616. The minimum Gasteiger partial charge on any atom is -0.493 e. The first kappa shape index (κ1) is 16.6. The standard InChI is InChI=1S/C15H21N3O3S/c1-19-9-5-8-18-14(16-17-15(18)22-4)11-6-7-12(20-2)13(10-11)21-3/h6-7,10H,5,8-9H2,1-4H3. The summed E-state index contributed by atoms with van der Waals surface area (Å²) in [5, 5.41) is 9.46. The van der Waals surface area contributed by atoms with Crippen LogP contribution in [-0.2, 0) is 11.3 Å². The molecule has 1 aromatic heterocycles. The van der Waals surface area contributed by atoms with Crippen LogP contribution in [0.25, 0.3) is 11.4 Å². The zero-order chi connectivity index (χ0) is 15.9. The van der Waals surface area contributed by atoms with Crippen molar-refractivity contribution in [1.29, 1.82) is 0 Å². The van der Waals surface area contributed by atoms with Gasteiger partial charge in [-0.1, -0.05) is 11.8 Å². The maximum Gasteiger partial charge on any atom is 0.191 e. The number of hydrogen-bond donors (Lipinski definition) is 0. The Balaban J connectivity index is 2.37. The van der Waals surface area contributed by atoms with Crippen molar-refractivity contribution in [2.45, 2.75) is 18.1 Å². The zero-order valence-corrected chi connectivity index (χ0v) is 14.1. The van der Waals surface area contributed by atoms with Crippen LogP contribution in [0.4, 0.5) is 0 Å². The van der Waals surface area contributed by atoms with Gasteiger partial charge in [0, 0.05) is 25.8 Å². The molecule has 0 atom stereocenters. The minimum absolute atomic E-state index is 0.678. The summed E-state index contributed by atoms with van der Waals surface area (Å²) in [5.41, 5.74) is 0.947. The van der Waals surface area contributed by atoms with E-state index < -0.39 is 0 Å². The van der Waals surface area contributed by atoms with Gasteiger partial charge in [-0.3, -0.25) is 0 Å². The fraction of sp³-hybridized carbons (Fsp3) is 0.467. The van der Waals surface area contributed by atoms with Gasteiger partial charge in [0.15, 0.2) is 22.5 Å². The van der Waals surface area contributed by atoms with Crippen LogP contribution in [0.3, 0.4) is 0 Å². The van der Waals surface area contributed by atoms with Crippen LogP contribution in [0.5, 0.6) is 11.5 Å². The first-order valence-corrected chi connectivity index (χ1v) is 8.16. The summed E-state index contributed by atoms with van der Waals surface area (Å²) < 4.78 is 17.9. The smallest absolute Gasteiger partial charge is 0.191 e. The third-order valence-corrected chi connectivity index (χ3v) is 3.94. The van der Waals surface area contributed by atoms with Crippen molar-refractivity contribution in [3.05, 3.63) is 18.2 Å². The van der Waals surface area contributed by atoms with Crippen molar-refractivity contribution in [3.63, 3.8) is 0 Å². The lowest BCUT2D eigenvalue weighted by Gasteiger charge is -2.11. The van der Waals surface area contributed by atoms with Crippen LogP contribution in [0, 0.1) is 0 Å². The second-order valence-corrected chi connectivity index (χ2v) is 5.35. The summed E-state index contributed by atoms with van der Waals surface area (Å²) in [6.07, 6.45) is 2.90. The van der Waals surface area contributed by atoms with Crippen molar-refractivity contribution in [1.82, 2.24) is 14.8 Å². The molecule has 120 valence electrons. The topological polar surface area (TPSA) is 58.4 Å². The van der Waals surface area contributed by atoms with E-state index in [1.54, 1.807) is 33.1 Å². The van der Waals surface area contributed by atoms with Gasteiger partial charge < -0.3 is 18.8 Å². The molecule has 1 aromatic carbocycles. The number of methoxy groups -OCH3 is 3. The first-order valence-electron chi connectivity index (χ1n) is 6.93. The van der Waals surface area contributed by atoms with Gasteiger partial charge in [-0.25, -0.2) is 0 Å². The van der Waals surface area contributed by atoms with Crippen molar-refractivity contribution in [3.8, 4) is 22.9 Å². The largest absolute Gasteiger partial charge is 0.493 e. The highest BCUT2D eigenvalue weighted by Gasteiger charge is 2.15. The first-order chi connectivity index (χ1) is 10.7. The molecule has 6 nitrogen and oxygen atoms in total. The average molecular weight is 323 g/mol. The second-order valence-electron chi connectivity index (χ2n) is 4.58. The summed E-state index contributed by atoms with van der Waals surface area (Å²) in [7, 11) is 4.95. The molecule has 1 heterocycles. The van der Waals surface area contributed by atoms with E-state index in [9.17, 15) is 0 Å². The fourth-order valence-electron chi connectivity index (χ4n) is 2.20. The van der Waals surface area contributed by atoms with Crippen molar-refractivity contribution < 1.29 is 14.2 Å². The van der Waals surface area contributed by atoms with Gasteiger partial charge in [-0.2, -0.15) is 0 Å². The van der Waals surface area contributed by atoms with E-state index in [1.165, 1.54) is 0 Å². The molecule has 0 radical (unpaired) electrons. The van der Waals surface area contributed by atoms with Gasteiger partial charge in [-0.05, 0) is 30.9 Å². The monoisotopic (exact) mass is 323 g/mol. The number of aromatic nitrogens is 3. The number of nitrogens with zero attached hydrogens (tertiary/aromatic N) is 3. The molecular formula is C15H21N3O3S. The average Bonchev–Trinajstić information content (AvgIpc) is 2.97. The van der Waals surface area contributed by atoms with Gasteiger partial charge in [0.05, 0.1) is 14.2 Å². The molecule has 0 amide bonds. The van der Waals surface area contributed by atoms with Crippen LogP contribution in [0.2, 0.25) is 0 Å². The Kier molecular flexibility index (Phi) is 6.09. The summed E-state index contributed by atoms with van der Waals surface area (Å²) >= 11 is 1.58. The van der Waals surface area contributed by atoms with E-state index in [0.29, 0.717) is 18.1 Å². The molecule has 0 saturated heterocycles. The van der Waals surface area contributed by atoms with Crippen molar-refractivity contribution in [2.75, 3.05) is 34.2 Å². The van der Waals surface area contributed by atoms with Gasteiger partial charge in [0.1, 0.15) is 0 Å². The van der Waals surface area contributed by atoms with Crippen LogP contribution < -0.4 is 9.47 Å². The quantitative estimate of drug-likeness (QED) is 0.550. The molecule has 0 aliphatic rings. The number of thioether (sulfide) groups is 1. The van der Waals surface area contributed by atoms with Gasteiger partial charge in [0.2, 0.25) is 0 Å². The van der Waals surface area contributed by atoms with E-state index in [0.717, 1.165) is 29.5 Å². The Hall–Kier alpha value is -1.73. The third-order valence-electron chi connectivity index (χ3n) is 3.27. The predicted octanol–water partition coefficient (Wildman–Crippen LogP) is 2.72. The van der Waals surface area contributed by atoms with Crippen LogP contribution in [0.15, 0.2) is 23.4 Å². The molecule has 0 aliphatic heterocycles. The molecule has 2 aromatic rings. The van der Waals surface area contributed by atoms with Gasteiger partial charge in [0.25, 0.3) is 0 Å². The summed E-state index contributed by atoms with van der Waals surface area (Å²) in [6, 6.07) is 5.75.